The largest absolute Gasteiger partial charge is 0.468 e. The van der Waals surface area contributed by atoms with Gasteiger partial charge in [0, 0.05) is 10.9 Å². The fourth-order valence-corrected chi connectivity index (χ4v) is 3.24. The Morgan fingerprint density at radius 1 is 1.25 bits per heavy atom. The van der Waals surface area contributed by atoms with E-state index in [0.29, 0.717) is 0 Å². The quantitative estimate of drug-likeness (QED) is 0.574. The van der Waals surface area contributed by atoms with Crippen molar-refractivity contribution in [3.8, 4) is 0 Å². The molecule has 0 spiro atoms. The van der Waals surface area contributed by atoms with Gasteiger partial charge in [-0.3, -0.25) is 9.59 Å². The van der Waals surface area contributed by atoms with Crippen LogP contribution in [0.1, 0.15) is 18.9 Å². The van der Waals surface area contributed by atoms with Crippen LogP contribution in [-0.4, -0.2) is 26.2 Å². The van der Waals surface area contributed by atoms with E-state index < -0.39 is 17.4 Å². The summed E-state index contributed by atoms with van der Waals surface area (Å²) in [6.07, 6.45) is 3.73. The molecule has 1 aliphatic carbocycles. The van der Waals surface area contributed by atoms with Crippen molar-refractivity contribution in [3.63, 3.8) is 0 Å². The summed E-state index contributed by atoms with van der Waals surface area (Å²) >= 11 is 3.44. The standard InChI is InChI=1S/C19H19BrO4/c1-12(2)16-11-19(17(21)23-3,18(22)24-4)10-14(16)8-13-6-5-7-15(20)9-13/h5-9,11H,1,10H2,2-4H3/b14-8-. The highest BCUT2D eigenvalue weighted by atomic mass is 79.9. The zero-order chi connectivity index (χ0) is 17.9. The number of hydrogen-bond donors (Lipinski definition) is 0. The number of esters is 2. The maximum Gasteiger partial charge on any atom is 0.327 e. The molecular formula is C19H19BrO4. The molecule has 0 amide bonds. The molecule has 0 atom stereocenters. The average Bonchev–Trinajstić information content (AvgIpc) is 2.94. The molecule has 1 aromatic rings. The minimum absolute atomic E-state index is 0.182. The highest BCUT2D eigenvalue weighted by molar-refractivity contribution is 9.10. The van der Waals surface area contributed by atoms with Gasteiger partial charge in [0.2, 0.25) is 0 Å². The van der Waals surface area contributed by atoms with E-state index in [1.54, 1.807) is 6.08 Å². The third-order valence-corrected chi connectivity index (χ3v) is 4.45. The van der Waals surface area contributed by atoms with Crippen molar-refractivity contribution in [1.29, 1.82) is 0 Å². The van der Waals surface area contributed by atoms with E-state index in [2.05, 4.69) is 22.5 Å². The fourth-order valence-electron chi connectivity index (χ4n) is 2.82. The third kappa shape index (κ3) is 3.36. The summed E-state index contributed by atoms with van der Waals surface area (Å²) in [7, 11) is 2.52. The molecule has 0 unspecified atom stereocenters. The van der Waals surface area contributed by atoms with E-state index >= 15 is 0 Å². The fraction of sp³-hybridized carbons (Fsp3) is 0.263. The Hall–Kier alpha value is -2.14. The lowest BCUT2D eigenvalue weighted by Crippen LogP contribution is -2.38. The molecule has 0 saturated heterocycles. The van der Waals surface area contributed by atoms with E-state index in [4.69, 9.17) is 9.47 Å². The Morgan fingerprint density at radius 2 is 1.88 bits per heavy atom. The average molecular weight is 391 g/mol. The van der Waals surface area contributed by atoms with E-state index in [1.165, 1.54) is 14.2 Å². The number of hydrogen-bond acceptors (Lipinski definition) is 4. The molecule has 2 rings (SSSR count). The second-order valence-corrected chi connectivity index (χ2v) is 6.61. The van der Waals surface area contributed by atoms with Crippen molar-refractivity contribution in [2.45, 2.75) is 13.3 Å². The lowest BCUT2D eigenvalue weighted by molar-refractivity contribution is -0.164. The monoisotopic (exact) mass is 390 g/mol. The van der Waals surface area contributed by atoms with Gasteiger partial charge >= 0.3 is 11.9 Å². The number of allylic oxidation sites excluding steroid dienone is 3. The van der Waals surface area contributed by atoms with Crippen molar-refractivity contribution in [3.05, 3.63) is 63.7 Å². The Labute approximate surface area is 150 Å². The molecule has 1 aliphatic rings. The van der Waals surface area contributed by atoms with E-state index in [1.807, 2.05) is 37.3 Å². The van der Waals surface area contributed by atoms with Crippen LogP contribution in [0.4, 0.5) is 0 Å². The summed E-state index contributed by atoms with van der Waals surface area (Å²) in [6.45, 7) is 5.80. The second-order valence-electron chi connectivity index (χ2n) is 5.69. The number of halogens is 1. The highest BCUT2D eigenvalue weighted by Gasteiger charge is 2.51. The maximum atomic E-state index is 12.3. The summed E-state index contributed by atoms with van der Waals surface area (Å²) < 4.78 is 10.7. The molecule has 1 aromatic carbocycles. The molecule has 126 valence electrons. The molecule has 0 aliphatic heterocycles. The summed E-state index contributed by atoms with van der Waals surface area (Å²) in [6, 6.07) is 7.76. The van der Waals surface area contributed by atoms with Crippen molar-refractivity contribution < 1.29 is 19.1 Å². The minimum atomic E-state index is -1.46. The van der Waals surface area contributed by atoms with Crippen molar-refractivity contribution >= 4 is 33.9 Å². The van der Waals surface area contributed by atoms with Gasteiger partial charge in [0.25, 0.3) is 0 Å². The third-order valence-electron chi connectivity index (χ3n) is 3.95. The predicted octanol–water partition coefficient (Wildman–Crippen LogP) is 4.07. The van der Waals surface area contributed by atoms with Gasteiger partial charge in [-0.05, 0) is 41.8 Å². The van der Waals surface area contributed by atoms with Gasteiger partial charge in [-0.15, -0.1) is 0 Å². The van der Waals surface area contributed by atoms with Gasteiger partial charge in [-0.25, -0.2) is 0 Å². The van der Waals surface area contributed by atoms with Crippen molar-refractivity contribution in [2.24, 2.45) is 5.41 Å². The van der Waals surface area contributed by atoms with Crippen molar-refractivity contribution in [2.75, 3.05) is 14.2 Å². The van der Waals surface area contributed by atoms with Crippen LogP contribution in [-0.2, 0) is 19.1 Å². The van der Waals surface area contributed by atoms with Crippen LogP contribution in [0.5, 0.6) is 0 Å². The number of rotatable bonds is 4. The number of carbonyl (C=O) groups is 2. The van der Waals surface area contributed by atoms with Gasteiger partial charge in [-0.2, -0.15) is 0 Å². The smallest absolute Gasteiger partial charge is 0.327 e. The predicted molar refractivity (Wildman–Crippen MR) is 96.1 cm³/mol. The zero-order valence-corrected chi connectivity index (χ0v) is 15.5. The molecule has 0 radical (unpaired) electrons. The Kier molecular flexibility index (Phi) is 5.44. The number of methoxy groups -OCH3 is 2. The molecule has 5 heteroatoms. The molecule has 0 N–H and O–H groups in total. The lowest BCUT2D eigenvalue weighted by atomic mass is 9.86. The Morgan fingerprint density at radius 3 is 2.38 bits per heavy atom. The van der Waals surface area contributed by atoms with E-state index in [-0.39, 0.29) is 6.42 Å². The number of ether oxygens (including phenoxy) is 2. The van der Waals surface area contributed by atoms with Gasteiger partial charge < -0.3 is 9.47 Å². The maximum absolute atomic E-state index is 12.3. The first-order valence-electron chi connectivity index (χ1n) is 7.36. The number of carbonyl (C=O) groups excluding carboxylic acids is 2. The minimum Gasteiger partial charge on any atom is -0.468 e. The van der Waals surface area contributed by atoms with Gasteiger partial charge in [-0.1, -0.05) is 46.3 Å². The van der Waals surface area contributed by atoms with Crippen LogP contribution < -0.4 is 0 Å². The van der Waals surface area contributed by atoms with Crippen LogP contribution in [0.3, 0.4) is 0 Å². The first kappa shape index (κ1) is 18.2. The van der Waals surface area contributed by atoms with E-state index in [9.17, 15) is 9.59 Å². The zero-order valence-electron chi connectivity index (χ0n) is 13.9. The van der Waals surface area contributed by atoms with Crippen LogP contribution in [0.15, 0.2) is 58.1 Å². The molecule has 0 bridgehead atoms. The van der Waals surface area contributed by atoms with Crippen LogP contribution in [0.25, 0.3) is 6.08 Å². The first-order chi connectivity index (χ1) is 11.3. The topological polar surface area (TPSA) is 52.6 Å². The molecule has 0 heterocycles. The normalized spacial score (nSPS) is 17.3. The lowest BCUT2D eigenvalue weighted by Gasteiger charge is -2.20. The van der Waals surface area contributed by atoms with Gasteiger partial charge in [0.05, 0.1) is 14.2 Å². The van der Waals surface area contributed by atoms with Crippen LogP contribution in [0, 0.1) is 5.41 Å². The molecule has 0 saturated carbocycles. The highest BCUT2D eigenvalue weighted by Crippen LogP contribution is 2.44. The first-order valence-corrected chi connectivity index (χ1v) is 8.15. The molecular weight excluding hydrogens is 372 g/mol. The SMILES string of the molecule is C=C(C)C1=CC(C(=O)OC)(C(=O)OC)C/C1=C/c1cccc(Br)c1. The summed E-state index contributed by atoms with van der Waals surface area (Å²) in [5.41, 5.74) is 1.88. The van der Waals surface area contributed by atoms with E-state index in [0.717, 1.165) is 26.8 Å². The summed E-state index contributed by atoms with van der Waals surface area (Å²) in [5.74, 6) is -1.27. The Balaban J connectivity index is 2.56. The van der Waals surface area contributed by atoms with Gasteiger partial charge in [0.15, 0.2) is 5.41 Å². The van der Waals surface area contributed by atoms with Gasteiger partial charge in [0.1, 0.15) is 0 Å². The van der Waals surface area contributed by atoms with Crippen molar-refractivity contribution in [1.82, 2.24) is 0 Å². The Bertz CT molecular complexity index is 742. The summed E-state index contributed by atoms with van der Waals surface area (Å²) in [4.78, 5) is 24.6. The molecule has 0 aromatic heterocycles. The van der Waals surface area contributed by atoms with Crippen LogP contribution in [0.2, 0.25) is 0 Å². The number of benzene rings is 1. The molecule has 4 nitrogen and oxygen atoms in total. The molecule has 24 heavy (non-hydrogen) atoms. The molecule has 0 fully saturated rings. The summed E-state index contributed by atoms with van der Waals surface area (Å²) in [5, 5.41) is 0. The van der Waals surface area contributed by atoms with Crippen LogP contribution >= 0.6 is 15.9 Å². The second kappa shape index (κ2) is 7.18.